The molecule has 2 N–H and O–H groups in total. The van der Waals surface area contributed by atoms with Crippen molar-refractivity contribution in [2.75, 3.05) is 0 Å². The molecule has 0 radical (unpaired) electrons. The quantitative estimate of drug-likeness (QED) is 0.578. The van der Waals surface area contributed by atoms with E-state index in [4.69, 9.17) is 20.7 Å². The standard InChI is InChI=1S/2C5H5.2CHNO.Zr/c2*1-2-4-5-3-1;2*2-1-3;/h2*1-5H;2*3H;/q2*-1;;;+2. The molecule has 0 amide bonds. The van der Waals surface area contributed by atoms with Crippen LogP contribution < -0.4 is 0 Å². The van der Waals surface area contributed by atoms with Gasteiger partial charge in [-0.2, -0.15) is 46.9 Å². The molecule has 2 aromatic rings. The summed E-state index contributed by atoms with van der Waals surface area (Å²) in [6, 6.07) is 20.0. The Labute approximate surface area is 120 Å². The number of aliphatic hydroxyl groups is 2. The van der Waals surface area contributed by atoms with Gasteiger partial charge in [0.05, 0.1) is 0 Å². The van der Waals surface area contributed by atoms with Crippen LogP contribution in [0, 0.1) is 23.0 Å². The minimum absolute atomic E-state index is 0. The molecule has 2 aromatic carbocycles. The van der Waals surface area contributed by atoms with Crippen molar-refractivity contribution in [3.05, 3.63) is 60.7 Å². The number of hydrogen-bond donors (Lipinski definition) is 2. The number of aliphatic hydroxyl groups excluding tert-OH is 2. The maximum absolute atomic E-state index is 6.88. The predicted octanol–water partition coefficient (Wildman–Crippen LogP) is 2.49. The molecule has 0 heterocycles. The van der Waals surface area contributed by atoms with E-state index in [9.17, 15) is 0 Å². The summed E-state index contributed by atoms with van der Waals surface area (Å²) in [4.78, 5) is 0. The smallest absolute Gasteiger partial charge is 0.443 e. The van der Waals surface area contributed by atoms with E-state index in [0.29, 0.717) is 0 Å². The maximum atomic E-state index is 6.88. The van der Waals surface area contributed by atoms with Crippen LogP contribution in [-0.2, 0) is 26.2 Å². The second-order valence-electron chi connectivity index (χ2n) is 2.12. The molecule has 0 spiro atoms. The van der Waals surface area contributed by atoms with Crippen molar-refractivity contribution in [2.45, 2.75) is 0 Å². The third-order valence-electron chi connectivity index (χ3n) is 1.11. The van der Waals surface area contributed by atoms with E-state index < -0.39 is 0 Å². The van der Waals surface area contributed by atoms with Crippen molar-refractivity contribution >= 4 is 0 Å². The van der Waals surface area contributed by atoms with Crippen molar-refractivity contribution in [1.29, 1.82) is 10.5 Å². The van der Waals surface area contributed by atoms with E-state index in [2.05, 4.69) is 0 Å². The minimum atomic E-state index is 0. The molecule has 0 saturated heterocycles. The van der Waals surface area contributed by atoms with Crippen molar-refractivity contribution in [3.8, 4) is 12.5 Å². The van der Waals surface area contributed by atoms with Gasteiger partial charge in [0.1, 0.15) is 0 Å². The molecular weight excluding hydrogens is 295 g/mol. The molecule has 4 nitrogen and oxygen atoms in total. The zero-order valence-corrected chi connectivity index (χ0v) is 11.5. The summed E-state index contributed by atoms with van der Waals surface area (Å²) in [6.45, 7) is 0. The van der Waals surface area contributed by atoms with Crippen LogP contribution in [-0.4, -0.2) is 10.2 Å². The summed E-state index contributed by atoms with van der Waals surface area (Å²) in [6.07, 6.45) is 1.50. The van der Waals surface area contributed by atoms with Gasteiger partial charge in [-0.25, -0.2) is 24.3 Å². The SMILES string of the molecule is N#CO.N#CO.[Zr+2].c1cc[cH-]c1.c1cc[cH-]c1. The first-order chi connectivity index (χ1) is 7.83. The molecule has 17 heavy (non-hydrogen) atoms. The maximum Gasteiger partial charge on any atom is 2.00 e. The molecule has 0 saturated carbocycles. The summed E-state index contributed by atoms with van der Waals surface area (Å²) in [5.41, 5.74) is 0. The van der Waals surface area contributed by atoms with E-state index in [1.165, 1.54) is 0 Å². The van der Waals surface area contributed by atoms with Gasteiger partial charge in [-0.3, -0.25) is 0 Å². The van der Waals surface area contributed by atoms with Crippen molar-refractivity contribution in [3.63, 3.8) is 0 Å². The van der Waals surface area contributed by atoms with Crippen molar-refractivity contribution in [2.24, 2.45) is 0 Å². The molecule has 0 aliphatic heterocycles. The Hall–Kier alpha value is -1.84. The molecule has 0 aliphatic carbocycles. The van der Waals surface area contributed by atoms with Gasteiger partial charge >= 0.3 is 26.2 Å². The van der Waals surface area contributed by atoms with E-state index in [1.54, 1.807) is 0 Å². The third-order valence-corrected chi connectivity index (χ3v) is 1.11. The van der Waals surface area contributed by atoms with E-state index in [-0.39, 0.29) is 26.2 Å². The van der Waals surface area contributed by atoms with Gasteiger partial charge < -0.3 is 10.2 Å². The largest absolute Gasteiger partial charge is 2.00 e. The van der Waals surface area contributed by atoms with Gasteiger partial charge in [0.2, 0.25) is 0 Å². The van der Waals surface area contributed by atoms with Crippen LogP contribution in [0.3, 0.4) is 0 Å². The first kappa shape index (κ1) is 20.6. The molecular formula is C12H12N2O2Zr. The van der Waals surface area contributed by atoms with E-state index in [0.717, 1.165) is 12.5 Å². The van der Waals surface area contributed by atoms with Gasteiger partial charge in [-0.15, -0.1) is 0 Å². The Bertz CT molecular complexity index is 285. The van der Waals surface area contributed by atoms with Gasteiger partial charge in [0.25, 0.3) is 12.5 Å². The first-order valence-electron chi connectivity index (χ1n) is 4.23. The number of hydrogen-bond acceptors (Lipinski definition) is 4. The Morgan fingerprint density at radius 2 is 0.882 bits per heavy atom. The van der Waals surface area contributed by atoms with Crippen LogP contribution >= 0.6 is 0 Å². The summed E-state index contributed by atoms with van der Waals surface area (Å²) in [7, 11) is 0. The monoisotopic (exact) mass is 306 g/mol. The zero-order valence-electron chi connectivity index (χ0n) is 9.06. The van der Waals surface area contributed by atoms with Crippen molar-refractivity contribution in [1.82, 2.24) is 0 Å². The Morgan fingerprint density at radius 1 is 0.706 bits per heavy atom. The number of nitrogens with zero attached hydrogens (tertiary/aromatic N) is 2. The fourth-order valence-corrected chi connectivity index (χ4v) is 0.642. The minimum Gasteiger partial charge on any atom is -0.443 e. The summed E-state index contributed by atoms with van der Waals surface area (Å²) >= 11 is 0. The second kappa shape index (κ2) is 23.8. The van der Waals surface area contributed by atoms with E-state index >= 15 is 0 Å². The molecule has 0 aromatic heterocycles. The normalized spacial score (nSPS) is 5.53. The molecule has 0 bridgehead atoms. The van der Waals surface area contributed by atoms with Crippen LogP contribution in [0.1, 0.15) is 0 Å². The predicted molar refractivity (Wildman–Crippen MR) is 59.2 cm³/mol. The van der Waals surface area contributed by atoms with E-state index in [1.807, 2.05) is 60.7 Å². The fraction of sp³-hybridized carbons (Fsp3) is 0. The fourth-order valence-electron chi connectivity index (χ4n) is 0.642. The number of nitriles is 2. The summed E-state index contributed by atoms with van der Waals surface area (Å²) in [5.74, 6) is 0. The topological polar surface area (TPSA) is 88.0 Å². The van der Waals surface area contributed by atoms with Crippen LogP contribution in [0.5, 0.6) is 0 Å². The molecule has 0 aliphatic rings. The summed E-state index contributed by atoms with van der Waals surface area (Å²) in [5, 5.41) is 27.5. The molecule has 0 unspecified atom stereocenters. The van der Waals surface area contributed by atoms with Gasteiger partial charge in [-0.1, -0.05) is 0 Å². The molecule has 2 rings (SSSR count). The van der Waals surface area contributed by atoms with Crippen LogP contribution in [0.25, 0.3) is 0 Å². The summed E-state index contributed by atoms with van der Waals surface area (Å²) < 4.78 is 0. The first-order valence-corrected chi connectivity index (χ1v) is 4.23. The molecule has 0 atom stereocenters. The molecule has 86 valence electrons. The van der Waals surface area contributed by atoms with Gasteiger partial charge in [0.15, 0.2) is 0 Å². The second-order valence-corrected chi connectivity index (χ2v) is 2.12. The van der Waals surface area contributed by atoms with Gasteiger partial charge in [-0.05, 0) is 0 Å². The van der Waals surface area contributed by atoms with Gasteiger partial charge in [0, 0.05) is 0 Å². The molecule has 5 heteroatoms. The van der Waals surface area contributed by atoms with Crippen LogP contribution in [0.4, 0.5) is 0 Å². The average molecular weight is 307 g/mol. The van der Waals surface area contributed by atoms with Crippen molar-refractivity contribution < 1.29 is 36.4 Å². The Kier molecular flexibility index (Phi) is 28.7. The average Bonchev–Trinajstić information content (AvgIpc) is 3.00. The van der Waals surface area contributed by atoms with Crippen LogP contribution in [0.15, 0.2) is 60.7 Å². The van der Waals surface area contributed by atoms with Crippen LogP contribution in [0.2, 0.25) is 0 Å². The third kappa shape index (κ3) is 31.4. The number of rotatable bonds is 0. The zero-order chi connectivity index (χ0) is 12.5. The Morgan fingerprint density at radius 3 is 0.941 bits per heavy atom. The Balaban J connectivity index is -0.000000157. The molecule has 0 fully saturated rings.